The molecule has 6 rings (SSSR count). The third kappa shape index (κ3) is 4.88. The molecule has 1 heterocycles. The maximum absolute atomic E-state index is 14.0. The van der Waals surface area contributed by atoms with Gasteiger partial charge in [0, 0.05) is 22.6 Å². The monoisotopic (exact) mass is 709 g/mol. The molecule has 2 amide bonds. The zero-order valence-corrected chi connectivity index (χ0v) is 25.4. The van der Waals surface area contributed by atoms with E-state index in [9.17, 15) is 50.6 Å². The molecule has 0 aromatic heterocycles. The number of anilines is 1. The lowest BCUT2D eigenvalue weighted by molar-refractivity contribution is -0.143. The Morgan fingerprint density at radius 3 is 2.13 bits per heavy atom. The molecule has 4 unspecified atom stereocenters. The molecule has 1 aliphatic heterocycles. The highest BCUT2D eigenvalue weighted by Gasteiger charge is 2.57. The molecule has 0 saturated carbocycles. The van der Waals surface area contributed by atoms with Crippen LogP contribution in [0.1, 0.15) is 42.4 Å². The molecular formula is C32H22BrF6NO6. The molecular weight excluding hydrogens is 688 g/mol. The number of allylic oxidation sites excluding steroid dienone is 6. The van der Waals surface area contributed by atoms with Crippen LogP contribution in [-0.2, 0) is 31.5 Å². The Balaban J connectivity index is 1.50. The first-order valence-electron chi connectivity index (χ1n) is 13.9. The van der Waals surface area contributed by atoms with Crippen molar-refractivity contribution in [2.75, 3.05) is 12.0 Å². The number of alkyl halides is 6. The van der Waals surface area contributed by atoms with Crippen LogP contribution in [0, 0.1) is 17.8 Å². The van der Waals surface area contributed by atoms with E-state index in [1.54, 1.807) is 6.08 Å². The van der Waals surface area contributed by atoms with Crippen molar-refractivity contribution in [1.29, 1.82) is 0 Å². The number of phenols is 1. The van der Waals surface area contributed by atoms with Gasteiger partial charge in [0.05, 0.1) is 40.2 Å². The minimum atomic E-state index is -5.21. The fourth-order valence-electron chi connectivity index (χ4n) is 7.00. The largest absolute Gasteiger partial charge is 0.503 e. The molecule has 1 N–H and O–H groups in total. The molecule has 7 nitrogen and oxygen atoms in total. The summed E-state index contributed by atoms with van der Waals surface area (Å²) in [6.45, 7) is 1.45. The number of rotatable bonds is 3. The molecule has 1 saturated heterocycles. The summed E-state index contributed by atoms with van der Waals surface area (Å²) >= 11 is 3.26. The van der Waals surface area contributed by atoms with Gasteiger partial charge in [-0.25, -0.2) is 4.90 Å². The summed E-state index contributed by atoms with van der Waals surface area (Å²) in [4.78, 5) is 54.9. The number of amides is 2. The highest BCUT2D eigenvalue weighted by atomic mass is 79.9. The zero-order valence-electron chi connectivity index (χ0n) is 23.8. The number of Topliss-reactive ketones (excluding diaryl/α,β-unsaturated/α-hetero) is 1. The van der Waals surface area contributed by atoms with Crippen molar-refractivity contribution >= 4 is 45.0 Å². The average Bonchev–Trinajstić information content (AvgIpc) is 3.24. The average molecular weight is 710 g/mol. The van der Waals surface area contributed by atoms with Gasteiger partial charge in [0.25, 0.3) is 0 Å². The van der Waals surface area contributed by atoms with Gasteiger partial charge >= 0.3 is 12.4 Å². The predicted molar refractivity (Wildman–Crippen MR) is 153 cm³/mol. The van der Waals surface area contributed by atoms with Crippen LogP contribution in [0.5, 0.6) is 11.5 Å². The van der Waals surface area contributed by atoms with Crippen LogP contribution in [0.2, 0.25) is 0 Å². The minimum Gasteiger partial charge on any atom is -0.503 e. The van der Waals surface area contributed by atoms with E-state index in [4.69, 9.17) is 4.74 Å². The van der Waals surface area contributed by atoms with E-state index in [-0.39, 0.29) is 51.6 Å². The molecule has 2 aromatic rings. The summed E-state index contributed by atoms with van der Waals surface area (Å²) in [5.41, 5.74) is -2.97. The molecule has 2 aromatic carbocycles. The standard InChI is InChI=1S/C32H22BrF6NO6/c1-12-5-22(41)26-20(27(12)42)11-19-17(24(26)13-6-21(33)28(43)23(7-13)46-2)3-4-18-25(19)30(45)40(29(18)44)16-9-14(31(34,35)36)8-15(10-16)32(37,38)39/h3,5-10,18-19,24-25,43H,4,11H2,1-2H3. The molecule has 3 aliphatic carbocycles. The Morgan fingerprint density at radius 1 is 0.913 bits per heavy atom. The number of benzene rings is 2. The quantitative estimate of drug-likeness (QED) is 0.162. The van der Waals surface area contributed by atoms with Crippen LogP contribution in [0.15, 0.2) is 69.2 Å². The maximum atomic E-state index is 14.0. The Morgan fingerprint density at radius 2 is 1.54 bits per heavy atom. The Labute approximate surface area is 265 Å². The normalized spacial score (nSPS) is 24.8. The number of ether oxygens (including phenoxy) is 1. The van der Waals surface area contributed by atoms with Crippen molar-refractivity contribution < 1.29 is 55.4 Å². The Bertz CT molecular complexity index is 1820. The summed E-state index contributed by atoms with van der Waals surface area (Å²) in [5, 5.41) is 10.4. The molecule has 46 heavy (non-hydrogen) atoms. The summed E-state index contributed by atoms with van der Waals surface area (Å²) in [6, 6.07) is 3.55. The lowest BCUT2D eigenvalue weighted by Crippen LogP contribution is -2.39. The SMILES string of the molecule is COc1cc(C2C3=CCC4C(=O)N(c5cc(C(F)(F)F)cc(C(F)(F)F)c5)C(=O)C4C3CC3=C2C(=O)C=C(C)C3=O)cc(Br)c1O. The molecule has 4 aliphatic rings. The Hall–Kier alpha value is -4.20. The van der Waals surface area contributed by atoms with E-state index in [0.29, 0.717) is 28.2 Å². The van der Waals surface area contributed by atoms with Crippen LogP contribution >= 0.6 is 15.9 Å². The number of carbonyl (C=O) groups is 4. The molecule has 0 radical (unpaired) electrons. The van der Waals surface area contributed by atoms with Crippen LogP contribution in [0.4, 0.5) is 32.0 Å². The molecule has 240 valence electrons. The van der Waals surface area contributed by atoms with Gasteiger partial charge in [0.2, 0.25) is 11.8 Å². The van der Waals surface area contributed by atoms with E-state index < -0.39 is 76.2 Å². The van der Waals surface area contributed by atoms with Crippen LogP contribution in [0.3, 0.4) is 0 Å². The molecule has 0 spiro atoms. The number of carbonyl (C=O) groups excluding carboxylic acids is 4. The molecule has 0 bridgehead atoms. The number of aromatic hydroxyl groups is 1. The number of ketones is 2. The second-order valence-electron chi connectivity index (χ2n) is 11.6. The summed E-state index contributed by atoms with van der Waals surface area (Å²) in [7, 11) is 1.31. The number of fused-ring (bicyclic) bond motifs is 3. The highest BCUT2D eigenvalue weighted by molar-refractivity contribution is 9.10. The van der Waals surface area contributed by atoms with E-state index in [1.165, 1.54) is 32.2 Å². The lowest BCUT2D eigenvalue weighted by Gasteiger charge is -2.42. The van der Waals surface area contributed by atoms with Gasteiger partial charge < -0.3 is 9.84 Å². The van der Waals surface area contributed by atoms with Gasteiger partial charge in [-0.05, 0) is 83.6 Å². The van der Waals surface area contributed by atoms with Crippen molar-refractivity contribution in [3.8, 4) is 11.5 Å². The van der Waals surface area contributed by atoms with Gasteiger partial charge in [0.15, 0.2) is 23.1 Å². The van der Waals surface area contributed by atoms with Gasteiger partial charge in [0.1, 0.15) is 0 Å². The van der Waals surface area contributed by atoms with E-state index in [1.807, 2.05) is 0 Å². The fraction of sp³-hybridized carbons (Fsp3) is 0.312. The van der Waals surface area contributed by atoms with Crippen LogP contribution < -0.4 is 9.64 Å². The summed E-state index contributed by atoms with van der Waals surface area (Å²) < 4.78 is 87.3. The van der Waals surface area contributed by atoms with E-state index >= 15 is 0 Å². The minimum absolute atomic E-state index is 0.0348. The van der Waals surface area contributed by atoms with Gasteiger partial charge in [-0.15, -0.1) is 0 Å². The third-order valence-electron chi connectivity index (χ3n) is 9.00. The zero-order chi connectivity index (χ0) is 33.6. The first-order valence-corrected chi connectivity index (χ1v) is 14.7. The summed E-state index contributed by atoms with van der Waals surface area (Å²) in [5.74, 6) is -7.33. The van der Waals surface area contributed by atoms with Crippen molar-refractivity contribution in [2.24, 2.45) is 17.8 Å². The van der Waals surface area contributed by atoms with E-state index in [0.717, 1.165) is 0 Å². The molecule has 1 fully saturated rings. The smallest absolute Gasteiger partial charge is 0.416 e. The second kappa shape index (κ2) is 10.7. The highest BCUT2D eigenvalue weighted by Crippen LogP contribution is 2.56. The first kappa shape index (κ1) is 31.8. The number of halogens is 7. The number of hydrogen-bond donors (Lipinski definition) is 1. The molecule has 14 heteroatoms. The molecule has 4 atom stereocenters. The van der Waals surface area contributed by atoms with Crippen molar-refractivity contribution in [1.82, 2.24) is 0 Å². The van der Waals surface area contributed by atoms with E-state index in [2.05, 4.69) is 15.9 Å². The van der Waals surface area contributed by atoms with Crippen molar-refractivity contribution in [3.05, 3.63) is 85.9 Å². The van der Waals surface area contributed by atoms with Crippen molar-refractivity contribution in [2.45, 2.75) is 38.0 Å². The number of imide groups is 1. The topological polar surface area (TPSA) is 101 Å². The summed E-state index contributed by atoms with van der Waals surface area (Å²) in [6.07, 6.45) is -7.84. The number of nitrogens with zero attached hydrogens (tertiary/aromatic N) is 1. The van der Waals surface area contributed by atoms with Crippen LogP contribution in [-0.4, -0.2) is 35.6 Å². The second-order valence-corrected chi connectivity index (χ2v) is 12.4. The maximum Gasteiger partial charge on any atom is 0.416 e. The van der Waals surface area contributed by atoms with Crippen LogP contribution in [0.25, 0.3) is 0 Å². The van der Waals surface area contributed by atoms with Gasteiger partial charge in [-0.2, -0.15) is 26.3 Å². The Kier molecular flexibility index (Phi) is 7.37. The predicted octanol–water partition coefficient (Wildman–Crippen LogP) is 6.84. The lowest BCUT2D eigenvalue weighted by atomic mass is 9.59. The van der Waals surface area contributed by atoms with Gasteiger partial charge in [-0.1, -0.05) is 11.6 Å². The number of methoxy groups -OCH3 is 1. The van der Waals surface area contributed by atoms with Crippen molar-refractivity contribution in [3.63, 3.8) is 0 Å². The van der Waals surface area contributed by atoms with Gasteiger partial charge in [-0.3, -0.25) is 19.2 Å². The fourth-order valence-corrected chi connectivity index (χ4v) is 7.46. The number of hydrogen-bond acceptors (Lipinski definition) is 6. The third-order valence-corrected chi connectivity index (χ3v) is 9.60. The first-order chi connectivity index (χ1) is 21.4. The number of phenolic OH excluding ortho intramolecular Hbond substituents is 1.